The van der Waals surface area contributed by atoms with Gasteiger partial charge in [-0.3, -0.25) is 0 Å². The summed E-state index contributed by atoms with van der Waals surface area (Å²) in [5, 5.41) is 3.61. The van der Waals surface area contributed by atoms with Crippen LogP contribution in [0.4, 0.5) is 0 Å². The second-order valence-electron chi connectivity index (χ2n) is 6.71. The van der Waals surface area contributed by atoms with E-state index in [-0.39, 0.29) is 0 Å². The van der Waals surface area contributed by atoms with Crippen LogP contribution in [0.15, 0.2) is 0 Å². The van der Waals surface area contributed by atoms with Gasteiger partial charge in [0.15, 0.2) is 0 Å². The second-order valence-corrected chi connectivity index (χ2v) is 6.71. The highest BCUT2D eigenvalue weighted by atomic mass is 14.9. The first-order chi connectivity index (χ1) is 6.43. The quantitative estimate of drug-likeness (QED) is 0.626. The van der Waals surface area contributed by atoms with Crippen LogP contribution in [0.3, 0.4) is 0 Å². The fraction of sp³-hybridized carbons (Fsp3) is 1.00. The van der Waals surface area contributed by atoms with Crippen LogP contribution in [0.1, 0.15) is 47.0 Å². The van der Waals surface area contributed by atoms with E-state index in [0.29, 0.717) is 10.8 Å². The van der Waals surface area contributed by atoms with E-state index in [1.54, 1.807) is 0 Å². The fourth-order valence-electron chi connectivity index (χ4n) is 4.24. The van der Waals surface area contributed by atoms with Gasteiger partial charge in [0.05, 0.1) is 0 Å². The lowest BCUT2D eigenvalue weighted by Gasteiger charge is -2.30. The Morgan fingerprint density at radius 2 is 1.64 bits per heavy atom. The molecule has 0 aromatic heterocycles. The Balaban J connectivity index is 2.25. The second kappa shape index (κ2) is 3.23. The van der Waals surface area contributed by atoms with Gasteiger partial charge in [-0.2, -0.15) is 0 Å². The molecule has 2 rings (SSSR count). The van der Waals surface area contributed by atoms with Crippen LogP contribution in [0.5, 0.6) is 0 Å². The number of fused-ring (bicyclic) bond motifs is 1. The van der Waals surface area contributed by atoms with Gasteiger partial charge in [0.2, 0.25) is 0 Å². The molecule has 1 nitrogen and oxygen atoms in total. The lowest BCUT2D eigenvalue weighted by atomic mass is 9.75. The summed E-state index contributed by atoms with van der Waals surface area (Å²) in [5.41, 5.74) is 1.12. The van der Waals surface area contributed by atoms with E-state index >= 15 is 0 Å². The third-order valence-electron chi connectivity index (χ3n) is 4.64. The minimum Gasteiger partial charge on any atom is -0.316 e. The molecule has 82 valence electrons. The van der Waals surface area contributed by atoms with Crippen LogP contribution in [-0.4, -0.2) is 13.1 Å². The van der Waals surface area contributed by atoms with E-state index in [9.17, 15) is 0 Å². The maximum absolute atomic E-state index is 3.61. The van der Waals surface area contributed by atoms with Crippen molar-refractivity contribution in [2.45, 2.75) is 47.0 Å². The van der Waals surface area contributed by atoms with Gasteiger partial charge in [-0.05, 0) is 55.0 Å². The number of hydrogen-bond donors (Lipinski definition) is 1. The maximum Gasteiger partial charge on any atom is -0.00126 e. The molecule has 0 aromatic rings. The molecule has 1 N–H and O–H groups in total. The van der Waals surface area contributed by atoms with E-state index in [1.807, 2.05) is 0 Å². The molecule has 1 heteroatoms. The molecule has 1 aliphatic carbocycles. The van der Waals surface area contributed by atoms with Gasteiger partial charge >= 0.3 is 0 Å². The average Bonchev–Trinajstić information content (AvgIpc) is 2.27. The van der Waals surface area contributed by atoms with Crippen LogP contribution in [0.25, 0.3) is 0 Å². The van der Waals surface area contributed by atoms with Crippen molar-refractivity contribution in [2.24, 2.45) is 22.7 Å². The highest BCUT2D eigenvalue weighted by molar-refractivity contribution is 5.02. The van der Waals surface area contributed by atoms with Gasteiger partial charge in [0.25, 0.3) is 0 Å². The van der Waals surface area contributed by atoms with Crippen molar-refractivity contribution < 1.29 is 0 Å². The lowest BCUT2D eigenvalue weighted by Crippen LogP contribution is -2.31. The van der Waals surface area contributed by atoms with Crippen LogP contribution >= 0.6 is 0 Å². The SMILES string of the molecule is CC1(C)CC(C)(C)C2CNCCCC21. The maximum atomic E-state index is 3.61. The van der Waals surface area contributed by atoms with Crippen molar-refractivity contribution >= 4 is 0 Å². The zero-order valence-electron chi connectivity index (χ0n) is 10.2. The van der Waals surface area contributed by atoms with Gasteiger partial charge in [-0.15, -0.1) is 0 Å². The van der Waals surface area contributed by atoms with Gasteiger partial charge < -0.3 is 5.32 Å². The van der Waals surface area contributed by atoms with Crippen molar-refractivity contribution in [1.29, 1.82) is 0 Å². The van der Waals surface area contributed by atoms with Crippen molar-refractivity contribution in [1.82, 2.24) is 5.32 Å². The van der Waals surface area contributed by atoms with Crippen LogP contribution in [0.2, 0.25) is 0 Å². The summed E-state index contributed by atoms with van der Waals surface area (Å²) in [7, 11) is 0. The topological polar surface area (TPSA) is 12.0 Å². The predicted molar refractivity (Wildman–Crippen MR) is 61.3 cm³/mol. The molecule has 1 saturated carbocycles. The Morgan fingerprint density at radius 3 is 2.36 bits per heavy atom. The van der Waals surface area contributed by atoms with Gasteiger partial charge in [-0.1, -0.05) is 27.7 Å². The number of rotatable bonds is 0. The fourth-order valence-corrected chi connectivity index (χ4v) is 4.24. The van der Waals surface area contributed by atoms with Crippen LogP contribution in [0, 0.1) is 22.7 Å². The summed E-state index contributed by atoms with van der Waals surface area (Å²) in [5.74, 6) is 1.85. The molecule has 1 saturated heterocycles. The molecule has 0 radical (unpaired) electrons. The van der Waals surface area contributed by atoms with Crippen molar-refractivity contribution in [3.63, 3.8) is 0 Å². The van der Waals surface area contributed by atoms with Crippen LogP contribution < -0.4 is 5.32 Å². The standard InChI is InChI=1S/C13H25N/c1-12(2)9-13(3,4)11-8-14-7-5-6-10(11)12/h10-11,14H,5-9H2,1-4H3. The molecule has 2 unspecified atom stereocenters. The van der Waals surface area contributed by atoms with Crippen molar-refractivity contribution in [3.8, 4) is 0 Å². The third kappa shape index (κ3) is 1.60. The Hall–Kier alpha value is -0.0400. The van der Waals surface area contributed by atoms with Crippen LogP contribution in [-0.2, 0) is 0 Å². The molecular weight excluding hydrogens is 170 g/mol. The summed E-state index contributed by atoms with van der Waals surface area (Å²) in [6, 6.07) is 0. The molecule has 2 fully saturated rings. The summed E-state index contributed by atoms with van der Waals surface area (Å²) >= 11 is 0. The van der Waals surface area contributed by atoms with Gasteiger partial charge in [0, 0.05) is 0 Å². The summed E-state index contributed by atoms with van der Waals surface area (Å²) in [6.45, 7) is 12.4. The Morgan fingerprint density at radius 1 is 1.00 bits per heavy atom. The van der Waals surface area contributed by atoms with Gasteiger partial charge in [-0.25, -0.2) is 0 Å². The zero-order valence-corrected chi connectivity index (χ0v) is 10.2. The van der Waals surface area contributed by atoms with Gasteiger partial charge in [0.1, 0.15) is 0 Å². The lowest BCUT2D eigenvalue weighted by molar-refractivity contribution is 0.195. The monoisotopic (exact) mass is 195 g/mol. The Kier molecular flexibility index (Phi) is 2.42. The zero-order chi connectivity index (χ0) is 10.4. The molecule has 1 aliphatic heterocycles. The largest absolute Gasteiger partial charge is 0.316 e. The van der Waals surface area contributed by atoms with E-state index in [0.717, 1.165) is 11.8 Å². The average molecular weight is 195 g/mol. The molecule has 0 amide bonds. The first kappa shape index (κ1) is 10.5. The molecule has 14 heavy (non-hydrogen) atoms. The van der Waals surface area contributed by atoms with E-state index in [1.165, 1.54) is 32.4 Å². The van der Waals surface area contributed by atoms with Crippen molar-refractivity contribution in [2.75, 3.05) is 13.1 Å². The van der Waals surface area contributed by atoms with Crippen molar-refractivity contribution in [3.05, 3.63) is 0 Å². The smallest absolute Gasteiger partial charge is 0.00126 e. The van der Waals surface area contributed by atoms with E-state index in [4.69, 9.17) is 0 Å². The molecule has 2 atom stereocenters. The summed E-state index contributed by atoms with van der Waals surface area (Å²) < 4.78 is 0. The summed E-state index contributed by atoms with van der Waals surface area (Å²) in [6.07, 6.45) is 4.21. The first-order valence-corrected chi connectivity index (χ1v) is 6.14. The molecular formula is C13H25N. The molecule has 0 bridgehead atoms. The summed E-state index contributed by atoms with van der Waals surface area (Å²) in [4.78, 5) is 0. The van der Waals surface area contributed by atoms with E-state index in [2.05, 4.69) is 33.0 Å². The molecule has 1 heterocycles. The minimum absolute atomic E-state index is 0.547. The molecule has 0 spiro atoms. The number of nitrogens with one attached hydrogen (secondary N) is 1. The minimum atomic E-state index is 0.547. The normalized spacial score (nSPS) is 40.3. The number of hydrogen-bond acceptors (Lipinski definition) is 1. The predicted octanol–water partition coefficient (Wildman–Crippen LogP) is 3.06. The highest BCUT2D eigenvalue weighted by Gasteiger charge is 2.51. The third-order valence-corrected chi connectivity index (χ3v) is 4.64. The first-order valence-electron chi connectivity index (χ1n) is 6.14. The molecule has 0 aromatic carbocycles. The highest BCUT2D eigenvalue weighted by Crippen LogP contribution is 2.58. The van der Waals surface area contributed by atoms with E-state index < -0.39 is 0 Å². The Labute approximate surface area is 88.7 Å². The Bertz CT molecular complexity index is 195. The molecule has 2 aliphatic rings.